The summed E-state index contributed by atoms with van der Waals surface area (Å²) in [6.07, 6.45) is 3.45. The highest BCUT2D eigenvalue weighted by molar-refractivity contribution is 7.80. The molecule has 1 aromatic heterocycles. The standard InChI is InChI=1S/C27H33N5S/c1-3-31-13-15-32(16-14-31)26-17-19(2)23-18-21(11-12-25(23)29-26)28-27(33)30-24-10-6-8-20-7-4-5-9-22(20)24/h4-5,7,9,11-12,17-18,24H,3,6,8,10,13-16H2,1-2H3,(H2,28,30,33)/t24-/m0/s1. The predicted molar refractivity (Wildman–Crippen MR) is 142 cm³/mol. The molecule has 5 nitrogen and oxygen atoms in total. The first-order valence-corrected chi connectivity index (χ1v) is 12.6. The fourth-order valence-corrected chi connectivity index (χ4v) is 5.40. The van der Waals surface area contributed by atoms with Crippen LogP contribution in [0.15, 0.2) is 48.5 Å². The number of anilines is 2. The fraction of sp³-hybridized carbons (Fsp3) is 0.407. The molecule has 0 bridgehead atoms. The van der Waals surface area contributed by atoms with Crippen LogP contribution in [0, 0.1) is 6.92 Å². The predicted octanol–water partition coefficient (Wildman–Crippen LogP) is 5.05. The molecule has 5 rings (SSSR count). The summed E-state index contributed by atoms with van der Waals surface area (Å²) in [5.74, 6) is 1.09. The summed E-state index contributed by atoms with van der Waals surface area (Å²) in [6, 6.07) is 17.5. The van der Waals surface area contributed by atoms with Crippen molar-refractivity contribution in [2.75, 3.05) is 42.9 Å². The molecule has 0 spiro atoms. The number of aryl methyl sites for hydroxylation is 2. The van der Waals surface area contributed by atoms with Gasteiger partial charge < -0.3 is 20.4 Å². The van der Waals surface area contributed by atoms with Gasteiger partial charge in [-0.2, -0.15) is 0 Å². The molecule has 1 aliphatic carbocycles. The number of rotatable bonds is 4. The summed E-state index contributed by atoms with van der Waals surface area (Å²) >= 11 is 5.68. The van der Waals surface area contributed by atoms with Gasteiger partial charge in [0.05, 0.1) is 11.6 Å². The van der Waals surface area contributed by atoms with Gasteiger partial charge in [-0.25, -0.2) is 4.98 Å². The topological polar surface area (TPSA) is 43.4 Å². The third kappa shape index (κ3) is 4.82. The summed E-state index contributed by atoms with van der Waals surface area (Å²) in [6.45, 7) is 9.81. The Morgan fingerprint density at radius 2 is 1.91 bits per heavy atom. The van der Waals surface area contributed by atoms with E-state index < -0.39 is 0 Å². The Kier molecular flexibility index (Phi) is 6.47. The summed E-state index contributed by atoms with van der Waals surface area (Å²) in [7, 11) is 0. The van der Waals surface area contributed by atoms with Gasteiger partial charge in [-0.3, -0.25) is 0 Å². The Hall–Kier alpha value is -2.70. The number of hydrogen-bond donors (Lipinski definition) is 2. The zero-order valence-corrected chi connectivity index (χ0v) is 20.4. The molecule has 6 heteroatoms. The van der Waals surface area contributed by atoms with Gasteiger partial charge in [0.2, 0.25) is 0 Å². The molecule has 0 amide bonds. The van der Waals surface area contributed by atoms with Crippen LogP contribution >= 0.6 is 12.2 Å². The maximum Gasteiger partial charge on any atom is 0.171 e. The van der Waals surface area contributed by atoms with Crippen LogP contribution in [-0.4, -0.2) is 47.7 Å². The molecule has 1 atom stereocenters. The second kappa shape index (κ2) is 9.65. The Labute approximate surface area is 202 Å². The molecular formula is C27H33N5S. The Morgan fingerprint density at radius 1 is 1.09 bits per heavy atom. The van der Waals surface area contributed by atoms with Gasteiger partial charge in [-0.05, 0) is 85.9 Å². The van der Waals surface area contributed by atoms with E-state index in [0.29, 0.717) is 5.11 Å². The molecule has 172 valence electrons. The molecular weight excluding hydrogens is 426 g/mol. The van der Waals surface area contributed by atoms with Crippen LogP contribution in [-0.2, 0) is 6.42 Å². The lowest BCUT2D eigenvalue weighted by molar-refractivity contribution is 0.270. The average Bonchev–Trinajstić information content (AvgIpc) is 2.84. The smallest absolute Gasteiger partial charge is 0.171 e. The van der Waals surface area contributed by atoms with Crippen molar-refractivity contribution in [1.82, 2.24) is 15.2 Å². The van der Waals surface area contributed by atoms with Crippen molar-refractivity contribution in [3.05, 3.63) is 65.2 Å². The zero-order valence-electron chi connectivity index (χ0n) is 19.6. The summed E-state index contributed by atoms with van der Waals surface area (Å²) in [4.78, 5) is 9.88. The SMILES string of the molecule is CCN1CCN(c2cc(C)c3cc(NC(=S)N[C@H]4CCCc5ccccc54)ccc3n2)CC1. The third-order valence-corrected chi connectivity index (χ3v) is 7.30. The second-order valence-electron chi connectivity index (χ2n) is 9.19. The Balaban J connectivity index is 1.29. The molecule has 0 saturated carbocycles. The highest BCUT2D eigenvalue weighted by Crippen LogP contribution is 2.30. The number of aromatic nitrogens is 1. The number of likely N-dealkylation sites (N-methyl/N-ethyl adjacent to an activating group) is 1. The van der Waals surface area contributed by atoms with Crippen molar-refractivity contribution in [3.8, 4) is 0 Å². The Morgan fingerprint density at radius 3 is 2.73 bits per heavy atom. The van der Waals surface area contributed by atoms with Gasteiger partial charge in [-0.15, -0.1) is 0 Å². The Bertz CT molecular complexity index is 1150. The molecule has 2 heterocycles. The first-order valence-electron chi connectivity index (χ1n) is 12.1. The maximum absolute atomic E-state index is 5.68. The van der Waals surface area contributed by atoms with E-state index in [2.05, 4.69) is 82.8 Å². The van der Waals surface area contributed by atoms with Crippen LogP contribution in [0.25, 0.3) is 10.9 Å². The molecule has 2 N–H and O–H groups in total. The van der Waals surface area contributed by atoms with Gasteiger partial charge in [0.15, 0.2) is 5.11 Å². The number of thiocarbonyl (C=S) groups is 1. The third-order valence-electron chi connectivity index (χ3n) is 7.08. The number of benzene rings is 2. The van der Waals surface area contributed by atoms with Crippen molar-refractivity contribution in [3.63, 3.8) is 0 Å². The van der Waals surface area contributed by atoms with E-state index in [1.54, 1.807) is 0 Å². The lowest BCUT2D eigenvalue weighted by Gasteiger charge is -2.35. The van der Waals surface area contributed by atoms with Crippen LogP contribution in [0.1, 0.15) is 42.5 Å². The number of nitrogens with one attached hydrogen (secondary N) is 2. The van der Waals surface area contributed by atoms with E-state index >= 15 is 0 Å². The summed E-state index contributed by atoms with van der Waals surface area (Å²) in [5.41, 5.74) is 6.09. The normalized spacial score (nSPS) is 18.7. The minimum absolute atomic E-state index is 0.273. The van der Waals surface area contributed by atoms with E-state index in [-0.39, 0.29) is 6.04 Å². The zero-order chi connectivity index (χ0) is 22.8. The van der Waals surface area contributed by atoms with E-state index in [0.717, 1.165) is 62.6 Å². The number of piperazine rings is 1. The van der Waals surface area contributed by atoms with Crippen LogP contribution in [0.4, 0.5) is 11.5 Å². The average molecular weight is 460 g/mol. The molecule has 2 aromatic carbocycles. The lowest BCUT2D eigenvalue weighted by Crippen LogP contribution is -2.46. The molecule has 1 fully saturated rings. The number of nitrogens with zero attached hydrogens (tertiary/aromatic N) is 3. The monoisotopic (exact) mass is 459 g/mol. The molecule has 1 saturated heterocycles. The largest absolute Gasteiger partial charge is 0.356 e. The molecule has 33 heavy (non-hydrogen) atoms. The van der Waals surface area contributed by atoms with Crippen molar-refractivity contribution >= 4 is 39.7 Å². The first-order chi connectivity index (χ1) is 16.1. The molecule has 0 radical (unpaired) electrons. The van der Waals surface area contributed by atoms with Crippen molar-refractivity contribution < 1.29 is 0 Å². The van der Waals surface area contributed by atoms with E-state index in [1.165, 1.54) is 28.5 Å². The van der Waals surface area contributed by atoms with Gasteiger partial charge in [0, 0.05) is 37.3 Å². The van der Waals surface area contributed by atoms with Crippen molar-refractivity contribution in [2.24, 2.45) is 0 Å². The summed E-state index contributed by atoms with van der Waals surface area (Å²) < 4.78 is 0. The van der Waals surface area contributed by atoms with Gasteiger partial charge >= 0.3 is 0 Å². The van der Waals surface area contributed by atoms with Crippen molar-refractivity contribution in [2.45, 2.75) is 39.2 Å². The fourth-order valence-electron chi connectivity index (χ4n) is 5.14. The van der Waals surface area contributed by atoms with E-state index in [4.69, 9.17) is 17.2 Å². The van der Waals surface area contributed by atoms with Gasteiger partial charge in [-0.1, -0.05) is 31.2 Å². The second-order valence-corrected chi connectivity index (χ2v) is 9.60. The molecule has 3 aromatic rings. The van der Waals surface area contributed by atoms with E-state index in [1.807, 2.05) is 0 Å². The maximum atomic E-state index is 5.68. The van der Waals surface area contributed by atoms with Crippen LogP contribution < -0.4 is 15.5 Å². The quantitative estimate of drug-likeness (QED) is 0.533. The van der Waals surface area contributed by atoms with E-state index in [9.17, 15) is 0 Å². The molecule has 1 aliphatic heterocycles. The molecule has 2 aliphatic rings. The highest BCUT2D eigenvalue weighted by Gasteiger charge is 2.21. The minimum Gasteiger partial charge on any atom is -0.356 e. The summed E-state index contributed by atoms with van der Waals surface area (Å²) in [5, 5.41) is 8.79. The van der Waals surface area contributed by atoms with Crippen LogP contribution in [0.5, 0.6) is 0 Å². The van der Waals surface area contributed by atoms with Crippen LogP contribution in [0.2, 0.25) is 0 Å². The highest BCUT2D eigenvalue weighted by atomic mass is 32.1. The van der Waals surface area contributed by atoms with Crippen molar-refractivity contribution in [1.29, 1.82) is 0 Å². The minimum atomic E-state index is 0.273. The molecule has 0 unspecified atom stereocenters. The lowest BCUT2D eigenvalue weighted by atomic mass is 9.88. The van der Waals surface area contributed by atoms with Gasteiger partial charge in [0.1, 0.15) is 5.82 Å². The number of hydrogen-bond acceptors (Lipinski definition) is 4. The van der Waals surface area contributed by atoms with Gasteiger partial charge in [0.25, 0.3) is 0 Å². The first kappa shape index (κ1) is 22.1. The van der Waals surface area contributed by atoms with Crippen LogP contribution in [0.3, 0.4) is 0 Å². The number of pyridine rings is 1. The number of fused-ring (bicyclic) bond motifs is 2.